The molecule has 0 amide bonds. The third-order valence-corrected chi connectivity index (χ3v) is 4.95. The van der Waals surface area contributed by atoms with Crippen LogP contribution >= 0.6 is 0 Å². The zero-order chi connectivity index (χ0) is 17.4. The van der Waals surface area contributed by atoms with Gasteiger partial charge in [-0.3, -0.25) is 4.72 Å². The molecule has 6 heteroatoms. The standard InChI is InChI=1S/C18H23FN2O2S/c1-2-3-14-24(22,23)21-18-10-8-17(9-11-18)20-13-12-15-4-6-16(19)7-5-15/h4-11,20-21H,2-3,12-14H2,1H3. The number of rotatable bonds is 9. The van der Waals surface area contributed by atoms with E-state index in [4.69, 9.17) is 0 Å². The lowest BCUT2D eigenvalue weighted by atomic mass is 10.1. The summed E-state index contributed by atoms with van der Waals surface area (Å²) >= 11 is 0. The molecule has 2 aromatic rings. The quantitative estimate of drug-likeness (QED) is 0.718. The normalized spacial score (nSPS) is 11.2. The fourth-order valence-corrected chi connectivity index (χ4v) is 3.49. The van der Waals surface area contributed by atoms with E-state index in [0.717, 1.165) is 24.1 Å². The molecule has 0 atom stereocenters. The molecule has 0 saturated carbocycles. The summed E-state index contributed by atoms with van der Waals surface area (Å²) in [5, 5.41) is 3.26. The van der Waals surface area contributed by atoms with Crippen molar-refractivity contribution >= 4 is 21.4 Å². The van der Waals surface area contributed by atoms with Crippen LogP contribution in [0.4, 0.5) is 15.8 Å². The minimum atomic E-state index is -3.27. The highest BCUT2D eigenvalue weighted by atomic mass is 32.2. The van der Waals surface area contributed by atoms with Crippen LogP contribution in [0.3, 0.4) is 0 Å². The van der Waals surface area contributed by atoms with Gasteiger partial charge >= 0.3 is 0 Å². The predicted octanol–water partition coefficient (Wildman–Crippen LogP) is 4.02. The zero-order valence-electron chi connectivity index (χ0n) is 13.8. The Kier molecular flexibility index (Phi) is 6.61. The highest BCUT2D eigenvalue weighted by Crippen LogP contribution is 2.15. The van der Waals surface area contributed by atoms with Gasteiger partial charge in [0.25, 0.3) is 0 Å². The number of sulfonamides is 1. The van der Waals surface area contributed by atoms with Crippen LogP contribution in [0, 0.1) is 5.82 Å². The maximum absolute atomic E-state index is 12.8. The van der Waals surface area contributed by atoms with Crippen molar-refractivity contribution in [2.75, 3.05) is 22.3 Å². The Hall–Kier alpha value is -2.08. The Bertz CT molecular complexity index is 729. The van der Waals surface area contributed by atoms with E-state index >= 15 is 0 Å². The molecule has 0 spiro atoms. The van der Waals surface area contributed by atoms with Crippen LogP contribution in [-0.4, -0.2) is 20.7 Å². The molecule has 0 aliphatic heterocycles. The lowest BCUT2D eigenvalue weighted by Crippen LogP contribution is -2.16. The van der Waals surface area contributed by atoms with Gasteiger partial charge in [0.1, 0.15) is 5.82 Å². The SMILES string of the molecule is CCCCS(=O)(=O)Nc1ccc(NCCc2ccc(F)cc2)cc1. The minimum absolute atomic E-state index is 0.140. The fourth-order valence-electron chi connectivity index (χ4n) is 2.22. The largest absolute Gasteiger partial charge is 0.385 e. The average Bonchev–Trinajstić information content (AvgIpc) is 2.56. The van der Waals surface area contributed by atoms with E-state index in [-0.39, 0.29) is 11.6 Å². The molecule has 0 fully saturated rings. The monoisotopic (exact) mass is 350 g/mol. The van der Waals surface area contributed by atoms with Gasteiger partial charge in [-0.25, -0.2) is 12.8 Å². The van der Waals surface area contributed by atoms with Crippen molar-refractivity contribution in [3.63, 3.8) is 0 Å². The molecule has 0 unspecified atom stereocenters. The summed E-state index contributed by atoms with van der Waals surface area (Å²) in [6.07, 6.45) is 2.28. The number of nitrogens with one attached hydrogen (secondary N) is 2. The van der Waals surface area contributed by atoms with Crippen molar-refractivity contribution in [3.8, 4) is 0 Å². The third kappa shape index (κ3) is 6.20. The van der Waals surface area contributed by atoms with Crippen LogP contribution in [0.1, 0.15) is 25.3 Å². The smallest absolute Gasteiger partial charge is 0.232 e. The van der Waals surface area contributed by atoms with E-state index in [2.05, 4.69) is 10.0 Å². The zero-order valence-corrected chi connectivity index (χ0v) is 14.6. The van der Waals surface area contributed by atoms with E-state index < -0.39 is 10.0 Å². The first-order valence-electron chi connectivity index (χ1n) is 8.07. The summed E-state index contributed by atoms with van der Waals surface area (Å²) in [6, 6.07) is 13.6. The van der Waals surface area contributed by atoms with Crippen molar-refractivity contribution in [2.24, 2.45) is 0 Å². The van der Waals surface area contributed by atoms with E-state index in [1.807, 2.05) is 19.1 Å². The van der Waals surface area contributed by atoms with Gasteiger partial charge in [0.05, 0.1) is 5.75 Å². The Labute approximate surface area is 143 Å². The van der Waals surface area contributed by atoms with E-state index in [9.17, 15) is 12.8 Å². The van der Waals surface area contributed by atoms with Crippen LogP contribution in [0.15, 0.2) is 48.5 Å². The first-order valence-corrected chi connectivity index (χ1v) is 9.72. The van der Waals surface area contributed by atoms with Gasteiger partial charge in [0, 0.05) is 17.9 Å². The second kappa shape index (κ2) is 8.68. The molecule has 0 aromatic heterocycles. The molecule has 2 aromatic carbocycles. The number of halogens is 1. The lowest BCUT2D eigenvalue weighted by molar-refractivity contribution is 0.598. The van der Waals surface area contributed by atoms with Gasteiger partial charge in [-0.05, 0) is 54.8 Å². The van der Waals surface area contributed by atoms with Gasteiger partial charge < -0.3 is 5.32 Å². The number of hydrogen-bond donors (Lipinski definition) is 2. The molecule has 0 aliphatic rings. The summed E-state index contributed by atoms with van der Waals surface area (Å²) in [6.45, 7) is 2.68. The number of hydrogen-bond acceptors (Lipinski definition) is 3. The molecular formula is C18H23FN2O2S. The van der Waals surface area contributed by atoms with Gasteiger partial charge in [-0.2, -0.15) is 0 Å². The summed E-state index contributed by atoms with van der Waals surface area (Å²) in [5.74, 6) is -0.0926. The molecule has 24 heavy (non-hydrogen) atoms. The Balaban J connectivity index is 1.82. The molecule has 4 nitrogen and oxygen atoms in total. The number of benzene rings is 2. The topological polar surface area (TPSA) is 58.2 Å². The molecular weight excluding hydrogens is 327 g/mol. The molecule has 2 N–H and O–H groups in total. The molecule has 0 heterocycles. The highest BCUT2D eigenvalue weighted by Gasteiger charge is 2.09. The maximum Gasteiger partial charge on any atom is 0.232 e. The second-order valence-corrected chi connectivity index (χ2v) is 7.50. The first kappa shape index (κ1) is 18.3. The van der Waals surface area contributed by atoms with Crippen molar-refractivity contribution in [3.05, 3.63) is 59.9 Å². The van der Waals surface area contributed by atoms with E-state index in [1.54, 1.807) is 24.3 Å². The van der Waals surface area contributed by atoms with Crippen molar-refractivity contribution in [2.45, 2.75) is 26.2 Å². The van der Waals surface area contributed by atoms with Gasteiger partial charge in [-0.1, -0.05) is 25.5 Å². The van der Waals surface area contributed by atoms with Gasteiger partial charge in [-0.15, -0.1) is 0 Å². The summed E-state index contributed by atoms with van der Waals surface area (Å²) in [5.41, 5.74) is 2.54. The number of unbranched alkanes of at least 4 members (excludes halogenated alkanes) is 1. The Morgan fingerprint density at radius 2 is 1.58 bits per heavy atom. The maximum atomic E-state index is 12.8. The molecule has 0 bridgehead atoms. The highest BCUT2D eigenvalue weighted by molar-refractivity contribution is 7.92. The molecule has 130 valence electrons. The fraction of sp³-hybridized carbons (Fsp3) is 0.333. The van der Waals surface area contributed by atoms with Crippen LogP contribution < -0.4 is 10.0 Å². The summed E-state index contributed by atoms with van der Waals surface area (Å²) in [4.78, 5) is 0. The predicted molar refractivity (Wildman–Crippen MR) is 97.4 cm³/mol. The van der Waals surface area contributed by atoms with Crippen molar-refractivity contribution in [1.82, 2.24) is 0 Å². The van der Waals surface area contributed by atoms with E-state index in [1.165, 1.54) is 12.1 Å². The van der Waals surface area contributed by atoms with Crippen LogP contribution in [0.25, 0.3) is 0 Å². The van der Waals surface area contributed by atoms with Gasteiger partial charge in [0.2, 0.25) is 10.0 Å². The molecule has 2 rings (SSSR count). The third-order valence-electron chi connectivity index (χ3n) is 3.58. The van der Waals surface area contributed by atoms with Crippen molar-refractivity contribution < 1.29 is 12.8 Å². The first-order chi connectivity index (χ1) is 11.5. The van der Waals surface area contributed by atoms with Gasteiger partial charge in [0.15, 0.2) is 0 Å². The lowest BCUT2D eigenvalue weighted by Gasteiger charge is -2.10. The minimum Gasteiger partial charge on any atom is -0.385 e. The molecule has 0 radical (unpaired) electrons. The second-order valence-electron chi connectivity index (χ2n) is 5.66. The van der Waals surface area contributed by atoms with Crippen LogP contribution in [0.2, 0.25) is 0 Å². The average molecular weight is 350 g/mol. The number of anilines is 2. The molecule has 0 saturated heterocycles. The van der Waals surface area contributed by atoms with Crippen LogP contribution in [-0.2, 0) is 16.4 Å². The summed E-state index contributed by atoms with van der Waals surface area (Å²) < 4.78 is 39.1. The van der Waals surface area contributed by atoms with Crippen molar-refractivity contribution in [1.29, 1.82) is 0 Å². The van der Waals surface area contributed by atoms with E-state index in [0.29, 0.717) is 18.7 Å². The van der Waals surface area contributed by atoms with Crippen LogP contribution in [0.5, 0.6) is 0 Å². The Morgan fingerprint density at radius 1 is 0.958 bits per heavy atom. The Morgan fingerprint density at radius 3 is 2.21 bits per heavy atom. The summed E-state index contributed by atoms with van der Waals surface area (Å²) in [7, 11) is -3.27. The molecule has 0 aliphatic carbocycles.